The number of methoxy groups -OCH3 is 1. The van der Waals surface area contributed by atoms with Crippen molar-refractivity contribution in [1.29, 1.82) is 0 Å². The van der Waals surface area contributed by atoms with Gasteiger partial charge in [-0.15, -0.1) is 0 Å². The first-order valence-electron chi connectivity index (χ1n) is 14.6. The summed E-state index contributed by atoms with van der Waals surface area (Å²) >= 11 is 0. The molecule has 9 nitrogen and oxygen atoms in total. The Labute approximate surface area is 237 Å². The van der Waals surface area contributed by atoms with Crippen LogP contribution in [0.2, 0.25) is 0 Å². The Hall–Kier alpha value is -3.36. The van der Waals surface area contributed by atoms with E-state index in [1.54, 1.807) is 11.1 Å². The third-order valence-corrected chi connectivity index (χ3v) is 8.04. The SMILES string of the molecule is COC(=O)[C@H]1CC[C@H](N(Cc2ccccc2)C(=O)c2cnn(CCC3CCN(C(=O)OC(C)(C)C)CC3)c2)CC1. The highest BCUT2D eigenvalue weighted by atomic mass is 16.6. The van der Waals surface area contributed by atoms with Gasteiger partial charge in [-0.3, -0.25) is 14.3 Å². The summed E-state index contributed by atoms with van der Waals surface area (Å²) in [4.78, 5) is 41.9. The number of ether oxygens (including phenoxy) is 2. The molecule has 4 rings (SSSR count). The number of nitrogens with zero attached hydrogens (tertiary/aromatic N) is 4. The Morgan fingerprint density at radius 3 is 2.30 bits per heavy atom. The maximum Gasteiger partial charge on any atom is 0.410 e. The van der Waals surface area contributed by atoms with Crippen molar-refractivity contribution in [3.63, 3.8) is 0 Å². The lowest BCUT2D eigenvalue weighted by Gasteiger charge is -2.36. The number of rotatable bonds is 8. The second-order valence-electron chi connectivity index (χ2n) is 12.1. The maximum absolute atomic E-state index is 13.8. The fourth-order valence-corrected chi connectivity index (χ4v) is 5.74. The third-order valence-electron chi connectivity index (χ3n) is 8.04. The molecule has 2 amide bonds. The molecule has 1 aliphatic carbocycles. The molecule has 1 aliphatic heterocycles. The van der Waals surface area contributed by atoms with E-state index in [0.29, 0.717) is 31.1 Å². The number of carbonyl (C=O) groups excluding carboxylic acids is 3. The minimum atomic E-state index is -0.484. The topological polar surface area (TPSA) is 94.0 Å². The van der Waals surface area contributed by atoms with E-state index >= 15 is 0 Å². The van der Waals surface area contributed by atoms with E-state index in [-0.39, 0.29) is 29.9 Å². The smallest absolute Gasteiger partial charge is 0.410 e. The van der Waals surface area contributed by atoms with Gasteiger partial charge in [0.15, 0.2) is 0 Å². The second kappa shape index (κ2) is 13.3. The van der Waals surface area contributed by atoms with Crippen LogP contribution in [0.5, 0.6) is 0 Å². The van der Waals surface area contributed by atoms with Crippen molar-refractivity contribution in [3.05, 3.63) is 53.9 Å². The van der Waals surface area contributed by atoms with Gasteiger partial charge in [0.1, 0.15) is 5.60 Å². The molecule has 0 radical (unpaired) electrons. The van der Waals surface area contributed by atoms with E-state index in [1.807, 2.05) is 66.9 Å². The number of hydrogen-bond donors (Lipinski definition) is 0. The number of carbonyl (C=O) groups is 3. The van der Waals surface area contributed by atoms with Gasteiger partial charge in [0.05, 0.1) is 24.8 Å². The average molecular weight is 553 g/mol. The average Bonchev–Trinajstić information content (AvgIpc) is 3.43. The quantitative estimate of drug-likeness (QED) is 0.413. The zero-order valence-corrected chi connectivity index (χ0v) is 24.4. The zero-order chi connectivity index (χ0) is 28.7. The van der Waals surface area contributed by atoms with Gasteiger partial charge in [0.25, 0.3) is 5.91 Å². The van der Waals surface area contributed by atoms with E-state index in [1.165, 1.54) is 7.11 Å². The molecule has 1 aromatic carbocycles. The van der Waals surface area contributed by atoms with Crippen molar-refractivity contribution >= 4 is 18.0 Å². The summed E-state index contributed by atoms with van der Waals surface area (Å²) < 4.78 is 12.3. The van der Waals surface area contributed by atoms with Gasteiger partial charge in [-0.25, -0.2) is 4.79 Å². The molecule has 40 heavy (non-hydrogen) atoms. The van der Waals surface area contributed by atoms with E-state index in [9.17, 15) is 14.4 Å². The molecule has 0 bridgehead atoms. The number of hydrogen-bond acceptors (Lipinski definition) is 6. The standard InChI is InChI=1S/C31H44N4O5/c1-31(2,3)40-30(38)33-17-14-23(15-18-33)16-19-34-22-26(20-32-34)28(36)35(21-24-8-6-5-7-9-24)27-12-10-25(11-13-27)29(37)39-4/h5-9,20,22-23,25,27H,10-19,21H2,1-4H3/t25-,27-. The molecule has 0 atom stereocenters. The maximum atomic E-state index is 13.8. The van der Waals surface area contributed by atoms with Gasteiger partial charge in [0.2, 0.25) is 0 Å². The molecule has 2 heterocycles. The van der Waals surface area contributed by atoms with Crippen LogP contribution in [-0.4, -0.2) is 69.4 Å². The number of likely N-dealkylation sites (tertiary alicyclic amines) is 1. The van der Waals surface area contributed by atoms with Crippen LogP contribution >= 0.6 is 0 Å². The highest BCUT2D eigenvalue weighted by molar-refractivity contribution is 5.94. The first kappa shape index (κ1) is 29.6. The summed E-state index contributed by atoms with van der Waals surface area (Å²) in [5.41, 5.74) is 1.18. The lowest BCUT2D eigenvalue weighted by Crippen LogP contribution is -2.42. The number of aryl methyl sites for hydroxylation is 1. The minimum Gasteiger partial charge on any atom is -0.469 e. The van der Waals surface area contributed by atoms with Crippen molar-refractivity contribution in [2.45, 2.75) is 90.4 Å². The fraction of sp³-hybridized carbons (Fsp3) is 0.613. The Morgan fingerprint density at radius 1 is 1.00 bits per heavy atom. The van der Waals surface area contributed by atoms with Crippen LogP contribution in [0.15, 0.2) is 42.7 Å². The molecule has 218 valence electrons. The Balaban J connectivity index is 1.33. The normalized spacial score (nSPS) is 20.1. The van der Waals surface area contributed by atoms with Crippen molar-refractivity contribution in [2.75, 3.05) is 20.2 Å². The Morgan fingerprint density at radius 2 is 1.68 bits per heavy atom. The summed E-state index contributed by atoms with van der Waals surface area (Å²) in [6, 6.07) is 10.1. The number of piperidine rings is 1. The summed E-state index contributed by atoms with van der Waals surface area (Å²) in [6.45, 7) is 8.32. The second-order valence-corrected chi connectivity index (χ2v) is 12.1. The predicted octanol–water partition coefficient (Wildman–Crippen LogP) is 5.29. The van der Waals surface area contributed by atoms with Crippen molar-refractivity contribution in [2.24, 2.45) is 11.8 Å². The van der Waals surface area contributed by atoms with Crippen molar-refractivity contribution < 1.29 is 23.9 Å². The summed E-state index contributed by atoms with van der Waals surface area (Å²) in [7, 11) is 1.43. The molecule has 9 heteroatoms. The van der Waals surface area contributed by atoms with Gasteiger partial charge in [-0.05, 0) is 77.2 Å². The van der Waals surface area contributed by atoms with Gasteiger partial charge in [0, 0.05) is 38.4 Å². The van der Waals surface area contributed by atoms with Crippen molar-refractivity contribution in [3.8, 4) is 0 Å². The van der Waals surface area contributed by atoms with Crippen LogP contribution in [0, 0.1) is 11.8 Å². The molecule has 1 aromatic heterocycles. The largest absolute Gasteiger partial charge is 0.469 e. The Bertz CT molecular complexity index is 1130. The monoisotopic (exact) mass is 552 g/mol. The molecule has 1 saturated carbocycles. The minimum absolute atomic E-state index is 0.0257. The zero-order valence-electron chi connectivity index (χ0n) is 24.4. The predicted molar refractivity (Wildman–Crippen MR) is 151 cm³/mol. The number of amides is 2. The van der Waals surface area contributed by atoms with E-state index < -0.39 is 5.60 Å². The van der Waals surface area contributed by atoms with E-state index in [4.69, 9.17) is 9.47 Å². The van der Waals surface area contributed by atoms with Crippen LogP contribution in [0.3, 0.4) is 0 Å². The van der Waals surface area contributed by atoms with Crippen LogP contribution in [0.1, 0.15) is 81.6 Å². The van der Waals surface area contributed by atoms with E-state index in [2.05, 4.69) is 5.10 Å². The van der Waals surface area contributed by atoms with Crippen LogP contribution in [-0.2, 0) is 27.4 Å². The highest BCUT2D eigenvalue weighted by Gasteiger charge is 2.33. The molecule has 2 aliphatic rings. The first-order valence-corrected chi connectivity index (χ1v) is 14.6. The molecular formula is C31H44N4O5. The molecule has 0 unspecified atom stereocenters. The summed E-state index contributed by atoms with van der Waals surface area (Å²) in [5, 5.41) is 4.51. The van der Waals surface area contributed by atoms with Gasteiger partial charge in [-0.1, -0.05) is 30.3 Å². The summed E-state index contributed by atoms with van der Waals surface area (Å²) in [5.74, 6) is 0.230. The van der Waals surface area contributed by atoms with Gasteiger partial charge < -0.3 is 19.3 Å². The van der Waals surface area contributed by atoms with Crippen LogP contribution in [0.4, 0.5) is 4.79 Å². The lowest BCUT2D eigenvalue weighted by molar-refractivity contribution is -0.146. The molecule has 0 N–H and O–H groups in total. The highest BCUT2D eigenvalue weighted by Crippen LogP contribution is 2.30. The molecule has 2 fully saturated rings. The first-order chi connectivity index (χ1) is 19.1. The number of esters is 1. The van der Waals surface area contributed by atoms with Crippen LogP contribution < -0.4 is 0 Å². The third kappa shape index (κ3) is 8.08. The lowest BCUT2D eigenvalue weighted by atomic mass is 9.85. The van der Waals surface area contributed by atoms with Gasteiger partial charge >= 0.3 is 12.1 Å². The Kier molecular flexibility index (Phi) is 9.87. The molecule has 0 spiro atoms. The molecular weight excluding hydrogens is 508 g/mol. The molecule has 2 aromatic rings. The van der Waals surface area contributed by atoms with Gasteiger partial charge in [-0.2, -0.15) is 5.10 Å². The fourth-order valence-electron chi connectivity index (χ4n) is 5.74. The number of benzene rings is 1. The number of aromatic nitrogens is 2. The summed E-state index contributed by atoms with van der Waals surface area (Å²) in [6.07, 6.45) is 9.11. The van der Waals surface area contributed by atoms with Crippen LogP contribution in [0.25, 0.3) is 0 Å². The molecule has 1 saturated heterocycles. The van der Waals surface area contributed by atoms with Crippen molar-refractivity contribution in [1.82, 2.24) is 19.6 Å². The van der Waals surface area contributed by atoms with E-state index in [0.717, 1.165) is 57.1 Å².